The number of nitrogens with zero attached hydrogens (tertiary/aromatic N) is 2. The molecular formula is C13H9Cl2N3. The molecule has 90 valence electrons. The van der Waals surface area contributed by atoms with Gasteiger partial charge in [-0.05, 0) is 29.8 Å². The Labute approximate surface area is 115 Å². The van der Waals surface area contributed by atoms with Gasteiger partial charge < -0.3 is 5.32 Å². The summed E-state index contributed by atoms with van der Waals surface area (Å²) in [5.74, 6) is 0. The van der Waals surface area contributed by atoms with E-state index in [0.717, 1.165) is 11.3 Å². The van der Waals surface area contributed by atoms with E-state index in [1.165, 1.54) is 0 Å². The highest BCUT2D eigenvalue weighted by molar-refractivity contribution is 6.32. The van der Waals surface area contributed by atoms with Crippen molar-refractivity contribution in [2.45, 2.75) is 6.54 Å². The molecule has 0 spiro atoms. The van der Waals surface area contributed by atoms with E-state index in [9.17, 15) is 0 Å². The zero-order chi connectivity index (χ0) is 13.0. The second kappa shape index (κ2) is 5.72. The fourth-order valence-electron chi connectivity index (χ4n) is 1.46. The van der Waals surface area contributed by atoms with E-state index in [1.54, 1.807) is 30.6 Å². The van der Waals surface area contributed by atoms with Gasteiger partial charge in [-0.3, -0.25) is 4.98 Å². The van der Waals surface area contributed by atoms with Crippen molar-refractivity contribution in [1.82, 2.24) is 4.98 Å². The van der Waals surface area contributed by atoms with E-state index in [-0.39, 0.29) is 0 Å². The Hall–Kier alpha value is -1.76. The normalized spacial score (nSPS) is 9.83. The minimum Gasteiger partial charge on any atom is -0.381 e. The van der Waals surface area contributed by atoms with E-state index in [0.29, 0.717) is 22.2 Å². The molecule has 1 heterocycles. The van der Waals surface area contributed by atoms with Crippen LogP contribution in [0.25, 0.3) is 0 Å². The molecule has 0 amide bonds. The smallest absolute Gasteiger partial charge is 0.101 e. The van der Waals surface area contributed by atoms with Gasteiger partial charge in [-0.25, -0.2) is 0 Å². The van der Waals surface area contributed by atoms with Crippen LogP contribution in [-0.2, 0) is 6.54 Å². The Balaban J connectivity index is 2.10. The maximum atomic E-state index is 8.77. The van der Waals surface area contributed by atoms with Crippen LogP contribution in [0.4, 0.5) is 5.69 Å². The van der Waals surface area contributed by atoms with Gasteiger partial charge in [0.05, 0.1) is 15.6 Å². The largest absolute Gasteiger partial charge is 0.381 e. The van der Waals surface area contributed by atoms with Crippen molar-refractivity contribution < 1.29 is 0 Å². The minimum atomic E-state index is 0.434. The summed E-state index contributed by atoms with van der Waals surface area (Å²) in [5, 5.41) is 13.0. The van der Waals surface area contributed by atoms with Crippen molar-refractivity contribution in [2.75, 3.05) is 5.32 Å². The molecule has 0 saturated carbocycles. The van der Waals surface area contributed by atoms with E-state index in [4.69, 9.17) is 28.5 Å². The average Bonchev–Trinajstić information content (AvgIpc) is 2.38. The molecule has 5 heteroatoms. The van der Waals surface area contributed by atoms with Crippen LogP contribution in [0.2, 0.25) is 10.0 Å². The summed E-state index contributed by atoms with van der Waals surface area (Å²) in [6.45, 7) is 0.573. The second-order valence-corrected chi connectivity index (χ2v) is 4.44. The first-order valence-electron chi connectivity index (χ1n) is 5.22. The Kier molecular flexibility index (Phi) is 4.03. The lowest BCUT2D eigenvalue weighted by atomic mass is 10.2. The number of nitrogens with one attached hydrogen (secondary N) is 1. The molecule has 0 saturated heterocycles. The molecule has 1 aromatic carbocycles. The first-order chi connectivity index (χ1) is 8.70. The molecule has 0 atom stereocenters. The highest BCUT2D eigenvalue weighted by atomic mass is 35.5. The third-order valence-electron chi connectivity index (χ3n) is 2.43. The first-order valence-corrected chi connectivity index (χ1v) is 5.98. The number of aromatic nitrogens is 1. The number of hydrogen-bond donors (Lipinski definition) is 1. The van der Waals surface area contributed by atoms with Gasteiger partial charge in [0.1, 0.15) is 6.07 Å². The van der Waals surface area contributed by atoms with Crippen LogP contribution >= 0.6 is 23.2 Å². The molecule has 0 bridgehead atoms. The maximum absolute atomic E-state index is 8.77. The number of benzene rings is 1. The van der Waals surface area contributed by atoms with Gasteiger partial charge in [0, 0.05) is 24.6 Å². The molecule has 0 radical (unpaired) electrons. The molecule has 0 unspecified atom stereocenters. The summed E-state index contributed by atoms with van der Waals surface area (Å²) in [4.78, 5) is 3.92. The molecule has 0 aliphatic heterocycles. The summed E-state index contributed by atoms with van der Waals surface area (Å²) in [6, 6.07) is 9.07. The molecular weight excluding hydrogens is 269 g/mol. The lowest BCUT2D eigenvalue weighted by molar-refractivity contribution is 1.13. The summed E-state index contributed by atoms with van der Waals surface area (Å²) < 4.78 is 0. The number of nitriles is 1. The molecule has 2 rings (SSSR count). The minimum absolute atomic E-state index is 0.434. The van der Waals surface area contributed by atoms with Crippen molar-refractivity contribution in [3.05, 3.63) is 57.8 Å². The van der Waals surface area contributed by atoms with Gasteiger partial charge in [0.25, 0.3) is 0 Å². The van der Waals surface area contributed by atoms with Gasteiger partial charge in [-0.2, -0.15) is 5.26 Å². The van der Waals surface area contributed by atoms with E-state index < -0.39 is 0 Å². The summed E-state index contributed by atoms with van der Waals surface area (Å²) in [5.41, 5.74) is 2.25. The number of hydrogen-bond acceptors (Lipinski definition) is 3. The first kappa shape index (κ1) is 12.7. The van der Waals surface area contributed by atoms with Crippen molar-refractivity contribution >= 4 is 28.9 Å². The average molecular weight is 278 g/mol. The van der Waals surface area contributed by atoms with Gasteiger partial charge in [0.2, 0.25) is 0 Å². The fourth-order valence-corrected chi connectivity index (χ4v) is 1.87. The van der Waals surface area contributed by atoms with Crippen molar-refractivity contribution in [1.29, 1.82) is 5.26 Å². The fraction of sp³-hybridized carbons (Fsp3) is 0.0769. The van der Waals surface area contributed by atoms with Crippen LogP contribution in [0.15, 0.2) is 36.7 Å². The number of halogens is 2. The zero-order valence-corrected chi connectivity index (χ0v) is 10.8. The van der Waals surface area contributed by atoms with E-state index in [2.05, 4.69) is 10.3 Å². The molecule has 0 aliphatic carbocycles. The lowest BCUT2D eigenvalue weighted by Crippen LogP contribution is -2.00. The van der Waals surface area contributed by atoms with Crippen molar-refractivity contribution in [3.63, 3.8) is 0 Å². The zero-order valence-electron chi connectivity index (χ0n) is 9.32. The Bertz CT molecular complexity index is 605. The molecule has 1 aromatic heterocycles. The SMILES string of the molecule is N#Cc1ccc(NCc2ccncc2Cl)cc1Cl. The number of anilines is 1. The summed E-state index contributed by atoms with van der Waals surface area (Å²) in [7, 11) is 0. The van der Waals surface area contributed by atoms with E-state index >= 15 is 0 Å². The number of rotatable bonds is 3. The lowest BCUT2D eigenvalue weighted by Gasteiger charge is -2.08. The van der Waals surface area contributed by atoms with E-state index in [1.807, 2.05) is 12.1 Å². The topological polar surface area (TPSA) is 48.7 Å². The Morgan fingerprint density at radius 3 is 2.72 bits per heavy atom. The summed E-state index contributed by atoms with van der Waals surface area (Å²) in [6.07, 6.45) is 3.29. The Morgan fingerprint density at radius 1 is 1.22 bits per heavy atom. The third kappa shape index (κ3) is 2.92. The highest BCUT2D eigenvalue weighted by Gasteiger charge is 2.02. The van der Waals surface area contributed by atoms with Crippen LogP contribution in [0, 0.1) is 11.3 Å². The highest BCUT2D eigenvalue weighted by Crippen LogP contribution is 2.21. The van der Waals surface area contributed by atoms with Gasteiger partial charge in [0.15, 0.2) is 0 Å². The van der Waals surface area contributed by atoms with Crippen LogP contribution in [0.3, 0.4) is 0 Å². The quantitative estimate of drug-likeness (QED) is 0.927. The monoisotopic (exact) mass is 277 g/mol. The van der Waals surface area contributed by atoms with Crippen LogP contribution in [0.1, 0.15) is 11.1 Å². The third-order valence-corrected chi connectivity index (χ3v) is 3.08. The molecule has 0 aliphatic rings. The van der Waals surface area contributed by atoms with Crippen molar-refractivity contribution in [3.8, 4) is 6.07 Å². The standard InChI is InChI=1S/C13H9Cl2N3/c14-12-5-11(2-1-9(12)6-16)18-7-10-3-4-17-8-13(10)15/h1-5,8,18H,7H2. The van der Waals surface area contributed by atoms with Gasteiger partial charge in [-0.15, -0.1) is 0 Å². The molecule has 1 N–H and O–H groups in total. The molecule has 18 heavy (non-hydrogen) atoms. The number of pyridine rings is 1. The van der Waals surface area contributed by atoms with Gasteiger partial charge in [-0.1, -0.05) is 23.2 Å². The Morgan fingerprint density at radius 2 is 2.06 bits per heavy atom. The predicted octanol–water partition coefficient (Wildman–Crippen LogP) is 3.87. The van der Waals surface area contributed by atoms with Crippen LogP contribution in [-0.4, -0.2) is 4.98 Å². The van der Waals surface area contributed by atoms with Crippen molar-refractivity contribution in [2.24, 2.45) is 0 Å². The van der Waals surface area contributed by atoms with Gasteiger partial charge >= 0.3 is 0 Å². The molecule has 3 nitrogen and oxygen atoms in total. The summed E-state index contributed by atoms with van der Waals surface area (Å²) >= 11 is 11.9. The molecule has 2 aromatic rings. The maximum Gasteiger partial charge on any atom is 0.101 e. The molecule has 0 fully saturated rings. The van der Waals surface area contributed by atoms with Crippen LogP contribution in [0.5, 0.6) is 0 Å². The second-order valence-electron chi connectivity index (χ2n) is 3.63. The van der Waals surface area contributed by atoms with Crippen LogP contribution < -0.4 is 5.32 Å². The predicted molar refractivity (Wildman–Crippen MR) is 72.7 cm³/mol.